The zero-order valence-corrected chi connectivity index (χ0v) is 12.9. The molecule has 2 rings (SSSR count). The van der Waals surface area contributed by atoms with E-state index in [0.29, 0.717) is 6.04 Å². The third kappa shape index (κ3) is 3.73. The van der Waals surface area contributed by atoms with Crippen LogP contribution >= 0.6 is 11.8 Å². The van der Waals surface area contributed by atoms with Gasteiger partial charge in [-0.15, -0.1) is 10.2 Å². The summed E-state index contributed by atoms with van der Waals surface area (Å²) in [4.78, 5) is 13.2. The van der Waals surface area contributed by atoms with Crippen molar-refractivity contribution in [2.75, 3.05) is 18.8 Å². The number of nitrogens with zero attached hydrogens (tertiary/aromatic N) is 4. The van der Waals surface area contributed by atoms with Crippen LogP contribution in [0.3, 0.4) is 0 Å². The summed E-state index contributed by atoms with van der Waals surface area (Å²) >= 11 is 1.25. The Bertz CT molecular complexity index is 457. The van der Waals surface area contributed by atoms with Crippen LogP contribution in [0.2, 0.25) is 0 Å². The predicted octanol–water partition coefficient (Wildman–Crippen LogP) is 1.50. The van der Waals surface area contributed by atoms with Crippen LogP contribution in [0.1, 0.15) is 32.5 Å². The Balaban J connectivity index is 2.07. The van der Waals surface area contributed by atoms with Gasteiger partial charge in [0.15, 0.2) is 5.16 Å². The minimum Gasteiger partial charge on any atom is -0.481 e. The van der Waals surface area contributed by atoms with E-state index in [0.717, 1.165) is 37.0 Å². The van der Waals surface area contributed by atoms with Crippen LogP contribution in [0.5, 0.6) is 0 Å². The zero-order chi connectivity index (χ0) is 14.5. The summed E-state index contributed by atoms with van der Waals surface area (Å²) in [7, 11) is 0. The summed E-state index contributed by atoms with van der Waals surface area (Å²) in [6, 6.07) is 0.433. The second kappa shape index (κ2) is 7.08. The quantitative estimate of drug-likeness (QED) is 0.769. The van der Waals surface area contributed by atoms with Crippen molar-refractivity contribution in [1.82, 2.24) is 19.7 Å². The van der Waals surface area contributed by atoms with Crippen LogP contribution in [-0.2, 0) is 17.8 Å². The van der Waals surface area contributed by atoms with Gasteiger partial charge in [0.1, 0.15) is 5.82 Å². The number of rotatable bonds is 7. The molecule has 0 radical (unpaired) electrons. The van der Waals surface area contributed by atoms with E-state index in [1.54, 1.807) is 0 Å². The van der Waals surface area contributed by atoms with Gasteiger partial charge < -0.3 is 9.67 Å². The van der Waals surface area contributed by atoms with Gasteiger partial charge in [0.2, 0.25) is 0 Å². The molecule has 1 atom stereocenters. The number of carboxylic acid groups (broad SMARTS) is 1. The molecular formula is C13H22N4O2S. The molecule has 0 aliphatic carbocycles. The van der Waals surface area contributed by atoms with Crippen molar-refractivity contribution in [2.45, 2.75) is 50.9 Å². The minimum atomic E-state index is -0.824. The second-order valence-electron chi connectivity index (χ2n) is 5.14. The van der Waals surface area contributed by atoms with E-state index in [1.165, 1.54) is 24.6 Å². The topological polar surface area (TPSA) is 71.2 Å². The highest BCUT2D eigenvalue weighted by Crippen LogP contribution is 2.20. The fraction of sp³-hybridized carbons (Fsp3) is 0.769. The predicted molar refractivity (Wildman–Crippen MR) is 78.0 cm³/mol. The van der Waals surface area contributed by atoms with Crippen LogP contribution in [-0.4, -0.2) is 55.6 Å². The van der Waals surface area contributed by atoms with Crippen molar-refractivity contribution in [1.29, 1.82) is 0 Å². The number of aryl methyl sites for hydroxylation is 1. The van der Waals surface area contributed by atoms with Crippen LogP contribution in [0.4, 0.5) is 0 Å². The minimum absolute atomic E-state index is 0.0277. The molecule has 1 N–H and O–H groups in total. The lowest BCUT2D eigenvalue weighted by Crippen LogP contribution is -2.34. The summed E-state index contributed by atoms with van der Waals surface area (Å²) in [5.74, 6) is 0.138. The Hall–Kier alpha value is -1.08. The Morgan fingerprint density at radius 1 is 1.40 bits per heavy atom. The van der Waals surface area contributed by atoms with E-state index < -0.39 is 5.97 Å². The molecule has 7 heteroatoms. The molecule has 1 aliphatic heterocycles. The molecule has 0 saturated carbocycles. The molecule has 1 aromatic heterocycles. The largest absolute Gasteiger partial charge is 0.481 e. The fourth-order valence-electron chi connectivity index (χ4n) is 2.56. The van der Waals surface area contributed by atoms with Gasteiger partial charge in [-0.25, -0.2) is 0 Å². The molecule has 0 amide bonds. The van der Waals surface area contributed by atoms with Gasteiger partial charge in [-0.1, -0.05) is 18.7 Å². The molecule has 20 heavy (non-hydrogen) atoms. The molecule has 2 heterocycles. The highest BCUT2D eigenvalue weighted by Gasteiger charge is 2.21. The summed E-state index contributed by atoms with van der Waals surface area (Å²) in [5, 5.41) is 17.8. The van der Waals surface area contributed by atoms with Crippen LogP contribution in [0.25, 0.3) is 0 Å². The molecular weight excluding hydrogens is 276 g/mol. The Labute approximate surface area is 123 Å². The van der Waals surface area contributed by atoms with E-state index in [4.69, 9.17) is 5.11 Å². The molecule has 0 aromatic carbocycles. The molecule has 1 fully saturated rings. The van der Waals surface area contributed by atoms with Crippen LogP contribution in [0.15, 0.2) is 5.16 Å². The average Bonchev–Trinajstić information content (AvgIpc) is 3.05. The summed E-state index contributed by atoms with van der Waals surface area (Å²) in [6.45, 7) is 7.41. The van der Waals surface area contributed by atoms with Crippen molar-refractivity contribution >= 4 is 17.7 Å². The SMILES string of the molecule is CCc1nnc(SCC(=O)O)n1CC(C)N1CCCC1. The number of aromatic nitrogens is 3. The lowest BCUT2D eigenvalue weighted by molar-refractivity contribution is -0.133. The molecule has 0 spiro atoms. The van der Waals surface area contributed by atoms with Gasteiger partial charge in [-0.3, -0.25) is 9.69 Å². The lowest BCUT2D eigenvalue weighted by Gasteiger charge is -2.25. The van der Waals surface area contributed by atoms with E-state index in [-0.39, 0.29) is 5.75 Å². The van der Waals surface area contributed by atoms with Crippen LogP contribution in [0, 0.1) is 0 Å². The van der Waals surface area contributed by atoms with Gasteiger partial charge in [-0.2, -0.15) is 0 Å². The van der Waals surface area contributed by atoms with Gasteiger partial charge >= 0.3 is 5.97 Å². The first-order chi connectivity index (χ1) is 9.61. The molecule has 6 nitrogen and oxygen atoms in total. The van der Waals surface area contributed by atoms with E-state index in [9.17, 15) is 4.79 Å². The van der Waals surface area contributed by atoms with E-state index in [1.807, 2.05) is 6.92 Å². The van der Waals surface area contributed by atoms with E-state index in [2.05, 4.69) is 26.6 Å². The summed E-state index contributed by atoms with van der Waals surface area (Å²) < 4.78 is 2.08. The maximum absolute atomic E-state index is 10.7. The molecule has 1 saturated heterocycles. The first kappa shape index (κ1) is 15.3. The fourth-order valence-corrected chi connectivity index (χ4v) is 3.25. The van der Waals surface area contributed by atoms with Crippen molar-refractivity contribution < 1.29 is 9.90 Å². The lowest BCUT2D eigenvalue weighted by atomic mass is 10.3. The first-order valence-electron chi connectivity index (χ1n) is 7.12. The second-order valence-corrected chi connectivity index (χ2v) is 6.08. The Morgan fingerprint density at radius 3 is 2.70 bits per heavy atom. The first-order valence-corrected chi connectivity index (χ1v) is 8.11. The molecule has 1 unspecified atom stereocenters. The van der Waals surface area contributed by atoms with Gasteiger partial charge in [0.05, 0.1) is 5.75 Å². The molecule has 1 aromatic rings. The molecule has 1 aliphatic rings. The Kier molecular flexibility index (Phi) is 5.42. The van der Waals surface area contributed by atoms with Crippen LogP contribution < -0.4 is 0 Å². The van der Waals surface area contributed by atoms with Crippen molar-refractivity contribution in [3.05, 3.63) is 5.82 Å². The number of aliphatic carboxylic acids is 1. The average molecular weight is 298 g/mol. The van der Waals surface area contributed by atoms with Crippen molar-refractivity contribution in [3.8, 4) is 0 Å². The van der Waals surface area contributed by atoms with Gasteiger partial charge in [0, 0.05) is 19.0 Å². The number of carbonyl (C=O) groups is 1. The number of thioether (sulfide) groups is 1. The number of likely N-dealkylation sites (tertiary alicyclic amines) is 1. The van der Waals surface area contributed by atoms with Crippen molar-refractivity contribution in [2.24, 2.45) is 0 Å². The van der Waals surface area contributed by atoms with Gasteiger partial charge in [0.25, 0.3) is 0 Å². The number of carboxylic acids is 1. The summed E-state index contributed by atoms with van der Waals surface area (Å²) in [6.07, 6.45) is 3.36. The smallest absolute Gasteiger partial charge is 0.313 e. The monoisotopic (exact) mass is 298 g/mol. The third-order valence-corrected chi connectivity index (χ3v) is 4.60. The standard InChI is InChI=1S/C13H22N4O2S/c1-3-11-14-15-13(20-9-12(18)19)17(11)8-10(2)16-6-4-5-7-16/h10H,3-9H2,1-2H3,(H,18,19). The maximum Gasteiger partial charge on any atom is 0.313 e. The highest BCUT2D eigenvalue weighted by molar-refractivity contribution is 7.99. The number of hydrogen-bond acceptors (Lipinski definition) is 5. The third-order valence-electron chi connectivity index (χ3n) is 3.65. The van der Waals surface area contributed by atoms with Gasteiger partial charge in [-0.05, 0) is 32.9 Å². The Morgan fingerprint density at radius 2 is 2.10 bits per heavy atom. The highest BCUT2D eigenvalue weighted by atomic mass is 32.2. The number of hydrogen-bond donors (Lipinski definition) is 1. The zero-order valence-electron chi connectivity index (χ0n) is 12.1. The normalized spacial score (nSPS) is 17.5. The maximum atomic E-state index is 10.7. The molecule has 112 valence electrons. The molecule has 0 bridgehead atoms. The van der Waals surface area contributed by atoms with E-state index >= 15 is 0 Å². The van der Waals surface area contributed by atoms with Crippen molar-refractivity contribution in [3.63, 3.8) is 0 Å². The summed E-state index contributed by atoms with van der Waals surface area (Å²) in [5.41, 5.74) is 0.